The Hall–Kier alpha value is -0.610. The number of likely N-dealkylation sites (N-methyl/N-ethyl adjacent to an activating group) is 1. The average molecular weight is 267 g/mol. The molecule has 2 aliphatic rings. The van der Waals surface area contributed by atoms with Crippen molar-refractivity contribution in [1.82, 2.24) is 15.1 Å². The first-order valence-electron chi connectivity index (χ1n) is 7.89. The van der Waals surface area contributed by atoms with Gasteiger partial charge in [0.2, 0.25) is 5.91 Å². The maximum absolute atomic E-state index is 12.6. The van der Waals surface area contributed by atoms with Crippen LogP contribution in [0.25, 0.3) is 0 Å². The molecule has 110 valence electrons. The highest BCUT2D eigenvalue weighted by atomic mass is 16.2. The van der Waals surface area contributed by atoms with Gasteiger partial charge in [0, 0.05) is 25.7 Å². The van der Waals surface area contributed by atoms with Crippen LogP contribution in [-0.2, 0) is 4.79 Å². The Bertz CT molecular complexity index is 304. The van der Waals surface area contributed by atoms with Crippen molar-refractivity contribution < 1.29 is 4.79 Å². The van der Waals surface area contributed by atoms with E-state index in [1.54, 1.807) is 0 Å². The van der Waals surface area contributed by atoms with Crippen molar-refractivity contribution in [3.05, 3.63) is 0 Å². The number of hydrogen-bond donors (Lipinski definition) is 1. The van der Waals surface area contributed by atoms with Gasteiger partial charge in [-0.1, -0.05) is 20.8 Å². The molecule has 4 heteroatoms. The molecular formula is C15H29N3O. The third-order valence-electron chi connectivity index (χ3n) is 4.72. The number of likely N-dealkylation sites (tertiary alicyclic amines) is 1. The molecule has 2 aliphatic heterocycles. The van der Waals surface area contributed by atoms with Crippen molar-refractivity contribution in [2.75, 3.05) is 39.3 Å². The monoisotopic (exact) mass is 267 g/mol. The van der Waals surface area contributed by atoms with Crippen molar-refractivity contribution in [3.8, 4) is 0 Å². The zero-order valence-electron chi connectivity index (χ0n) is 12.7. The van der Waals surface area contributed by atoms with Gasteiger partial charge >= 0.3 is 0 Å². The molecule has 0 aromatic heterocycles. The van der Waals surface area contributed by atoms with Gasteiger partial charge in [-0.2, -0.15) is 0 Å². The Labute approximate surface area is 117 Å². The molecule has 3 unspecified atom stereocenters. The van der Waals surface area contributed by atoms with Crippen LogP contribution < -0.4 is 5.32 Å². The third kappa shape index (κ3) is 3.48. The standard InChI is InChI=1S/C15H29N3O/c1-4-17(5-2)14-6-7-18(11-14)15(19)13-8-12(3)9-16-10-13/h12-14,16H,4-11H2,1-3H3. The minimum atomic E-state index is 0.208. The summed E-state index contributed by atoms with van der Waals surface area (Å²) in [5, 5.41) is 3.39. The Morgan fingerprint density at radius 3 is 2.68 bits per heavy atom. The van der Waals surface area contributed by atoms with Crippen LogP contribution >= 0.6 is 0 Å². The molecule has 1 amide bonds. The minimum absolute atomic E-state index is 0.208. The van der Waals surface area contributed by atoms with Crippen molar-refractivity contribution in [3.63, 3.8) is 0 Å². The molecule has 0 aromatic rings. The van der Waals surface area contributed by atoms with E-state index in [0.717, 1.165) is 52.1 Å². The molecule has 2 heterocycles. The molecule has 19 heavy (non-hydrogen) atoms. The van der Waals surface area contributed by atoms with Gasteiger partial charge < -0.3 is 10.2 Å². The maximum Gasteiger partial charge on any atom is 0.227 e. The summed E-state index contributed by atoms with van der Waals surface area (Å²) < 4.78 is 0. The Morgan fingerprint density at radius 2 is 2.05 bits per heavy atom. The van der Waals surface area contributed by atoms with E-state index in [-0.39, 0.29) is 5.92 Å². The summed E-state index contributed by atoms with van der Waals surface area (Å²) in [5.41, 5.74) is 0. The Morgan fingerprint density at radius 1 is 1.32 bits per heavy atom. The molecule has 0 saturated carbocycles. The SMILES string of the molecule is CCN(CC)C1CCN(C(=O)C2CNCC(C)C2)C1. The van der Waals surface area contributed by atoms with Gasteiger partial charge in [-0.15, -0.1) is 0 Å². The van der Waals surface area contributed by atoms with Crippen molar-refractivity contribution in [1.29, 1.82) is 0 Å². The lowest BCUT2D eigenvalue weighted by Gasteiger charge is -2.31. The molecular weight excluding hydrogens is 238 g/mol. The first kappa shape index (κ1) is 14.8. The van der Waals surface area contributed by atoms with E-state index >= 15 is 0 Å². The van der Waals surface area contributed by atoms with Gasteiger partial charge in [-0.05, 0) is 38.4 Å². The second-order valence-corrected chi connectivity index (χ2v) is 6.14. The van der Waals surface area contributed by atoms with E-state index in [1.165, 1.54) is 0 Å². The van der Waals surface area contributed by atoms with E-state index < -0.39 is 0 Å². The number of piperidine rings is 1. The van der Waals surface area contributed by atoms with Crippen LogP contribution in [0.1, 0.15) is 33.6 Å². The predicted molar refractivity (Wildman–Crippen MR) is 78.0 cm³/mol. The lowest BCUT2D eigenvalue weighted by Crippen LogP contribution is -2.45. The molecule has 0 spiro atoms. The fourth-order valence-electron chi connectivity index (χ4n) is 3.58. The summed E-state index contributed by atoms with van der Waals surface area (Å²) in [5.74, 6) is 1.22. The number of hydrogen-bond acceptors (Lipinski definition) is 3. The molecule has 0 bridgehead atoms. The van der Waals surface area contributed by atoms with Crippen LogP contribution in [0.3, 0.4) is 0 Å². The summed E-state index contributed by atoms with van der Waals surface area (Å²) in [6, 6.07) is 0.577. The maximum atomic E-state index is 12.6. The number of nitrogens with zero attached hydrogens (tertiary/aromatic N) is 2. The normalized spacial score (nSPS) is 32.0. The lowest BCUT2D eigenvalue weighted by atomic mass is 9.91. The van der Waals surface area contributed by atoms with Crippen LogP contribution in [0.15, 0.2) is 0 Å². The topological polar surface area (TPSA) is 35.6 Å². The van der Waals surface area contributed by atoms with Crippen molar-refractivity contribution in [2.24, 2.45) is 11.8 Å². The summed E-state index contributed by atoms with van der Waals surface area (Å²) in [7, 11) is 0. The molecule has 2 fully saturated rings. The Kier molecular flexibility index (Phi) is 5.22. The van der Waals surface area contributed by atoms with E-state index in [9.17, 15) is 4.79 Å². The smallest absolute Gasteiger partial charge is 0.227 e. The number of carbonyl (C=O) groups excluding carboxylic acids is 1. The summed E-state index contributed by atoms with van der Waals surface area (Å²) in [6.07, 6.45) is 2.20. The highest BCUT2D eigenvalue weighted by Crippen LogP contribution is 2.22. The van der Waals surface area contributed by atoms with Gasteiger partial charge in [0.05, 0.1) is 5.92 Å². The molecule has 2 saturated heterocycles. The number of nitrogens with one attached hydrogen (secondary N) is 1. The number of amides is 1. The second kappa shape index (κ2) is 6.71. The summed E-state index contributed by atoms with van der Waals surface area (Å²) in [4.78, 5) is 17.1. The number of rotatable bonds is 4. The third-order valence-corrected chi connectivity index (χ3v) is 4.72. The number of carbonyl (C=O) groups is 1. The largest absolute Gasteiger partial charge is 0.341 e. The predicted octanol–water partition coefficient (Wildman–Crippen LogP) is 1.17. The van der Waals surface area contributed by atoms with Crippen LogP contribution in [0.2, 0.25) is 0 Å². The van der Waals surface area contributed by atoms with E-state index in [2.05, 4.69) is 35.9 Å². The lowest BCUT2D eigenvalue weighted by molar-refractivity contribution is -0.135. The first-order valence-corrected chi connectivity index (χ1v) is 7.89. The molecule has 4 nitrogen and oxygen atoms in total. The van der Waals surface area contributed by atoms with Crippen LogP contribution in [0, 0.1) is 11.8 Å². The highest BCUT2D eigenvalue weighted by molar-refractivity contribution is 5.79. The summed E-state index contributed by atoms with van der Waals surface area (Å²) in [6.45, 7) is 12.6. The van der Waals surface area contributed by atoms with Crippen molar-refractivity contribution >= 4 is 5.91 Å². The van der Waals surface area contributed by atoms with E-state index in [1.807, 2.05) is 0 Å². The molecule has 0 aliphatic carbocycles. The van der Waals surface area contributed by atoms with Crippen molar-refractivity contribution in [2.45, 2.75) is 39.7 Å². The van der Waals surface area contributed by atoms with Gasteiger partial charge in [0.25, 0.3) is 0 Å². The minimum Gasteiger partial charge on any atom is -0.341 e. The molecule has 0 aromatic carbocycles. The van der Waals surface area contributed by atoms with Crippen LogP contribution in [0.5, 0.6) is 0 Å². The van der Waals surface area contributed by atoms with E-state index in [0.29, 0.717) is 17.9 Å². The molecule has 2 rings (SSSR count). The van der Waals surface area contributed by atoms with E-state index in [4.69, 9.17) is 0 Å². The average Bonchev–Trinajstić information content (AvgIpc) is 2.89. The highest BCUT2D eigenvalue weighted by Gasteiger charge is 2.34. The zero-order valence-corrected chi connectivity index (χ0v) is 12.7. The molecule has 1 N–H and O–H groups in total. The first-order chi connectivity index (χ1) is 9.15. The van der Waals surface area contributed by atoms with Gasteiger partial charge in [-0.3, -0.25) is 9.69 Å². The van der Waals surface area contributed by atoms with Crippen LogP contribution in [-0.4, -0.2) is 61.0 Å². The zero-order chi connectivity index (χ0) is 13.8. The molecule has 3 atom stereocenters. The van der Waals surface area contributed by atoms with Gasteiger partial charge in [0.15, 0.2) is 0 Å². The fraction of sp³-hybridized carbons (Fsp3) is 0.933. The quantitative estimate of drug-likeness (QED) is 0.831. The Balaban J connectivity index is 1.87. The van der Waals surface area contributed by atoms with Crippen LogP contribution in [0.4, 0.5) is 0 Å². The van der Waals surface area contributed by atoms with Gasteiger partial charge in [0.1, 0.15) is 0 Å². The fourth-order valence-corrected chi connectivity index (χ4v) is 3.58. The van der Waals surface area contributed by atoms with Gasteiger partial charge in [-0.25, -0.2) is 0 Å². The second-order valence-electron chi connectivity index (χ2n) is 6.14. The molecule has 0 radical (unpaired) electrons. The summed E-state index contributed by atoms with van der Waals surface area (Å²) >= 11 is 0.